The number of hydrogen-bond acceptors (Lipinski definition) is 6. The Kier molecular flexibility index (Phi) is 8.27. The number of nitrogens with one attached hydrogen (secondary N) is 3. The minimum atomic E-state index is -4.11. The number of ether oxygens (including phenoxy) is 2. The first-order valence-electron chi connectivity index (χ1n) is 10.9. The third kappa shape index (κ3) is 5.74. The van der Waals surface area contributed by atoms with Gasteiger partial charge in [-0.05, 0) is 55.7 Å². The maximum absolute atomic E-state index is 12.9. The van der Waals surface area contributed by atoms with Gasteiger partial charge in [0.2, 0.25) is 0 Å². The number of carbonyl (C=O) groups is 2. The van der Waals surface area contributed by atoms with Crippen LogP contribution in [0, 0.1) is 0 Å². The first kappa shape index (κ1) is 25.6. The number of benzene rings is 2. The standard InChI is InChI=1S/C23H28ClN3O6S/c1-4-14-10-20-17(12-21(14)34(30,31)27-23(29)25-5-2)15(8-9-33-20)13-26-22(28)18-11-16(24)6-7-19(18)32-3/h6-7,10-12,15H,4-5,8-9,13H2,1-3H3,(H,26,28)(H2,25,27,29). The Hall–Kier alpha value is -2.98. The summed E-state index contributed by atoms with van der Waals surface area (Å²) in [6, 6.07) is 7.21. The van der Waals surface area contributed by atoms with Crippen molar-refractivity contribution in [2.75, 3.05) is 26.8 Å². The van der Waals surface area contributed by atoms with Gasteiger partial charge >= 0.3 is 6.03 Å². The number of fused-ring (bicyclic) bond motifs is 1. The molecule has 9 nitrogen and oxygen atoms in total. The van der Waals surface area contributed by atoms with Crippen molar-refractivity contribution >= 4 is 33.6 Å². The minimum absolute atomic E-state index is 0.0124. The van der Waals surface area contributed by atoms with E-state index in [4.69, 9.17) is 21.1 Å². The van der Waals surface area contributed by atoms with Crippen LogP contribution in [0.2, 0.25) is 5.02 Å². The molecule has 1 unspecified atom stereocenters. The Bertz CT molecular complexity index is 1190. The molecule has 0 aromatic heterocycles. The van der Waals surface area contributed by atoms with Crippen LogP contribution in [0.5, 0.6) is 11.5 Å². The predicted octanol–water partition coefficient (Wildman–Crippen LogP) is 3.21. The summed E-state index contributed by atoms with van der Waals surface area (Å²) in [6.45, 7) is 4.49. The topological polar surface area (TPSA) is 123 Å². The molecule has 0 aliphatic carbocycles. The SMILES string of the molecule is CCNC(=O)NS(=O)(=O)c1cc2c(cc1CC)OCCC2CNC(=O)c1cc(Cl)ccc1OC. The number of sulfonamides is 1. The highest BCUT2D eigenvalue weighted by molar-refractivity contribution is 7.90. The van der Waals surface area contributed by atoms with Crippen molar-refractivity contribution in [3.63, 3.8) is 0 Å². The Labute approximate surface area is 204 Å². The molecular weight excluding hydrogens is 482 g/mol. The van der Waals surface area contributed by atoms with Crippen molar-refractivity contribution in [3.05, 3.63) is 52.0 Å². The highest BCUT2D eigenvalue weighted by Gasteiger charge is 2.28. The van der Waals surface area contributed by atoms with Crippen LogP contribution in [0.3, 0.4) is 0 Å². The fourth-order valence-corrected chi connectivity index (χ4v) is 5.24. The van der Waals surface area contributed by atoms with Gasteiger partial charge in [-0.15, -0.1) is 0 Å². The number of urea groups is 1. The molecule has 0 bridgehead atoms. The predicted molar refractivity (Wildman–Crippen MR) is 128 cm³/mol. The second-order valence-corrected chi connectivity index (χ2v) is 9.79. The number of halogens is 1. The first-order chi connectivity index (χ1) is 16.2. The largest absolute Gasteiger partial charge is 0.496 e. The van der Waals surface area contributed by atoms with Gasteiger partial charge in [0, 0.05) is 29.6 Å². The molecule has 0 radical (unpaired) electrons. The lowest BCUT2D eigenvalue weighted by Gasteiger charge is -2.28. The van der Waals surface area contributed by atoms with E-state index in [1.807, 2.05) is 11.6 Å². The number of rotatable bonds is 8. The number of methoxy groups -OCH3 is 1. The van der Waals surface area contributed by atoms with E-state index in [0.717, 1.165) is 0 Å². The molecule has 1 aliphatic rings. The molecule has 0 saturated heterocycles. The molecule has 0 saturated carbocycles. The van der Waals surface area contributed by atoms with Crippen molar-refractivity contribution in [1.29, 1.82) is 0 Å². The monoisotopic (exact) mass is 509 g/mol. The zero-order valence-corrected chi connectivity index (χ0v) is 20.8. The number of carbonyl (C=O) groups excluding carboxylic acids is 2. The van der Waals surface area contributed by atoms with Crippen LogP contribution in [0.4, 0.5) is 4.79 Å². The number of amides is 3. The van der Waals surface area contributed by atoms with Gasteiger partial charge < -0.3 is 20.1 Å². The highest BCUT2D eigenvalue weighted by Crippen LogP contribution is 2.37. The number of aryl methyl sites for hydroxylation is 1. The summed E-state index contributed by atoms with van der Waals surface area (Å²) in [6.07, 6.45) is 1.01. The van der Waals surface area contributed by atoms with Gasteiger partial charge in [0.05, 0.1) is 24.2 Å². The quantitative estimate of drug-likeness (QED) is 0.502. The van der Waals surface area contributed by atoms with Crippen LogP contribution in [0.15, 0.2) is 35.2 Å². The molecule has 1 heterocycles. The summed E-state index contributed by atoms with van der Waals surface area (Å²) in [5.41, 5.74) is 1.49. The second kappa shape index (κ2) is 11.0. The van der Waals surface area contributed by atoms with Crippen LogP contribution >= 0.6 is 11.6 Å². The van der Waals surface area contributed by atoms with E-state index in [1.165, 1.54) is 19.2 Å². The van der Waals surface area contributed by atoms with Crippen molar-refractivity contribution < 1.29 is 27.5 Å². The maximum Gasteiger partial charge on any atom is 0.328 e. The van der Waals surface area contributed by atoms with E-state index in [-0.39, 0.29) is 23.3 Å². The van der Waals surface area contributed by atoms with Crippen molar-refractivity contribution in [2.24, 2.45) is 0 Å². The van der Waals surface area contributed by atoms with Gasteiger partial charge in [-0.25, -0.2) is 17.9 Å². The first-order valence-corrected chi connectivity index (χ1v) is 12.8. The third-order valence-corrected chi connectivity index (χ3v) is 7.15. The summed E-state index contributed by atoms with van der Waals surface area (Å²) in [7, 11) is -2.64. The van der Waals surface area contributed by atoms with Crippen molar-refractivity contribution in [2.45, 2.75) is 37.5 Å². The van der Waals surface area contributed by atoms with E-state index in [1.54, 1.807) is 25.1 Å². The summed E-state index contributed by atoms with van der Waals surface area (Å²) in [4.78, 5) is 24.7. The van der Waals surface area contributed by atoms with Gasteiger partial charge in [0.15, 0.2) is 0 Å². The Morgan fingerprint density at radius 2 is 1.94 bits per heavy atom. The Balaban J connectivity index is 1.88. The summed E-state index contributed by atoms with van der Waals surface area (Å²) >= 11 is 6.03. The zero-order valence-electron chi connectivity index (χ0n) is 19.2. The highest BCUT2D eigenvalue weighted by atomic mass is 35.5. The molecule has 1 aliphatic heterocycles. The molecule has 34 heavy (non-hydrogen) atoms. The molecule has 184 valence electrons. The van der Waals surface area contributed by atoms with E-state index < -0.39 is 16.1 Å². The Morgan fingerprint density at radius 3 is 2.62 bits per heavy atom. The smallest absolute Gasteiger partial charge is 0.328 e. The molecule has 0 spiro atoms. The molecule has 2 aromatic rings. The van der Waals surface area contributed by atoms with E-state index >= 15 is 0 Å². The third-order valence-electron chi connectivity index (χ3n) is 5.51. The average Bonchev–Trinajstić information content (AvgIpc) is 2.81. The maximum atomic E-state index is 12.9. The van der Waals surface area contributed by atoms with Gasteiger partial charge in [-0.2, -0.15) is 0 Å². The van der Waals surface area contributed by atoms with E-state index in [0.29, 0.717) is 59.2 Å². The van der Waals surface area contributed by atoms with Crippen LogP contribution in [0.25, 0.3) is 0 Å². The molecule has 0 fully saturated rings. The minimum Gasteiger partial charge on any atom is -0.496 e. The molecule has 3 amide bonds. The summed E-state index contributed by atoms with van der Waals surface area (Å²) in [5, 5.41) is 5.71. The van der Waals surface area contributed by atoms with E-state index in [2.05, 4.69) is 10.6 Å². The molecule has 3 rings (SSSR count). The van der Waals surface area contributed by atoms with Gasteiger partial charge in [-0.3, -0.25) is 4.79 Å². The van der Waals surface area contributed by atoms with Gasteiger partial charge in [0.25, 0.3) is 15.9 Å². The lowest BCUT2D eigenvalue weighted by atomic mass is 9.91. The van der Waals surface area contributed by atoms with E-state index in [9.17, 15) is 18.0 Å². The number of hydrogen-bond donors (Lipinski definition) is 3. The van der Waals surface area contributed by atoms with Crippen molar-refractivity contribution in [3.8, 4) is 11.5 Å². The fourth-order valence-electron chi connectivity index (χ4n) is 3.81. The van der Waals surface area contributed by atoms with Crippen LogP contribution < -0.4 is 24.8 Å². The van der Waals surface area contributed by atoms with Crippen LogP contribution in [-0.2, 0) is 16.4 Å². The van der Waals surface area contributed by atoms with Crippen LogP contribution in [-0.4, -0.2) is 47.2 Å². The fraction of sp³-hybridized carbons (Fsp3) is 0.391. The van der Waals surface area contributed by atoms with Gasteiger partial charge in [0.1, 0.15) is 11.5 Å². The average molecular weight is 510 g/mol. The van der Waals surface area contributed by atoms with Crippen LogP contribution in [0.1, 0.15) is 47.7 Å². The second-order valence-electron chi connectivity index (χ2n) is 7.70. The lowest BCUT2D eigenvalue weighted by molar-refractivity contribution is 0.0945. The van der Waals surface area contributed by atoms with Gasteiger partial charge in [-0.1, -0.05) is 18.5 Å². The molecule has 11 heteroatoms. The molecule has 3 N–H and O–H groups in total. The lowest BCUT2D eigenvalue weighted by Crippen LogP contribution is -2.39. The normalized spacial score (nSPS) is 15.0. The summed E-state index contributed by atoms with van der Waals surface area (Å²) < 4.78 is 38.9. The Morgan fingerprint density at radius 1 is 1.18 bits per heavy atom. The summed E-state index contributed by atoms with van der Waals surface area (Å²) in [5.74, 6) is 0.414. The molecule has 2 aromatic carbocycles. The zero-order chi connectivity index (χ0) is 24.9. The molecule has 1 atom stereocenters. The van der Waals surface area contributed by atoms with Crippen molar-refractivity contribution in [1.82, 2.24) is 15.4 Å². The molecular formula is C23H28ClN3O6S.